The molecule has 0 saturated carbocycles. The Balaban J connectivity index is 1.95. The minimum absolute atomic E-state index is 0.000917. The van der Waals surface area contributed by atoms with E-state index in [1.54, 1.807) is 60.7 Å². The average molecular weight is 554 g/mol. The van der Waals surface area contributed by atoms with Crippen molar-refractivity contribution in [3.63, 3.8) is 0 Å². The number of aliphatic hydroxyl groups is 1. The van der Waals surface area contributed by atoms with Gasteiger partial charge in [-0.05, 0) is 53.8 Å². The van der Waals surface area contributed by atoms with E-state index in [2.05, 4.69) is 4.98 Å². The number of sulfone groups is 1. The van der Waals surface area contributed by atoms with Gasteiger partial charge < -0.3 is 10.1 Å². The monoisotopic (exact) mass is 553 g/mol. The van der Waals surface area contributed by atoms with Crippen molar-refractivity contribution in [1.29, 1.82) is 0 Å². The maximum absolute atomic E-state index is 14.8. The van der Waals surface area contributed by atoms with E-state index in [1.165, 1.54) is 12.1 Å². The summed E-state index contributed by atoms with van der Waals surface area (Å²) in [4.78, 5) is 3.43. The standard InChI is InChI=1S/C34H32FNO3S/c1-23-15-18-27(19-16-23)40(38,39)30(22-33(2,3)4)31-28-21-26(35)17-20-29(28)36-32(31)34(37,24-11-7-5-8-12-24)25-13-9-6-10-14-25/h5-22,36-37H,1-4H3. The molecule has 0 unspecified atom stereocenters. The van der Waals surface area contributed by atoms with Crippen LogP contribution < -0.4 is 0 Å². The van der Waals surface area contributed by atoms with Gasteiger partial charge >= 0.3 is 0 Å². The maximum Gasteiger partial charge on any atom is 0.206 e. The first-order valence-corrected chi connectivity index (χ1v) is 14.6. The smallest absolute Gasteiger partial charge is 0.206 e. The second kappa shape index (κ2) is 10.2. The van der Waals surface area contributed by atoms with Crippen LogP contribution in [0.5, 0.6) is 0 Å². The highest BCUT2D eigenvalue weighted by Gasteiger charge is 2.41. The predicted octanol–water partition coefficient (Wildman–Crippen LogP) is 7.76. The topological polar surface area (TPSA) is 70.2 Å². The van der Waals surface area contributed by atoms with E-state index in [0.717, 1.165) is 5.56 Å². The van der Waals surface area contributed by atoms with E-state index in [4.69, 9.17) is 0 Å². The number of halogens is 1. The van der Waals surface area contributed by atoms with Crippen molar-refractivity contribution < 1.29 is 17.9 Å². The van der Waals surface area contributed by atoms with E-state index in [9.17, 15) is 17.9 Å². The lowest BCUT2D eigenvalue weighted by atomic mass is 9.81. The number of benzene rings is 4. The van der Waals surface area contributed by atoms with Crippen LogP contribution in [0.15, 0.2) is 114 Å². The van der Waals surface area contributed by atoms with Gasteiger partial charge in [-0.2, -0.15) is 0 Å². The third-order valence-corrected chi connectivity index (χ3v) is 8.73. The molecule has 0 aliphatic heterocycles. The summed E-state index contributed by atoms with van der Waals surface area (Å²) in [6, 6.07) is 29.0. The van der Waals surface area contributed by atoms with E-state index < -0.39 is 26.7 Å². The minimum Gasteiger partial charge on any atom is -0.375 e. The Labute approximate surface area is 234 Å². The Morgan fingerprint density at radius 3 is 1.90 bits per heavy atom. The summed E-state index contributed by atoms with van der Waals surface area (Å²) in [5, 5.41) is 13.1. The summed E-state index contributed by atoms with van der Waals surface area (Å²) >= 11 is 0. The molecule has 0 aliphatic carbocycles. The second-order valence-electron chi connectivity index (χ2n) is 11.2. The van der Waals surface area contributed by atoms with Gasteiger partial charge in [-0.15, -0.1) is 0 Å². The predicted molar refractivity (Wildman–Crippen MR) is 159 cm³/mol. The third kappa shape index (κ3) is 5.01. The zero-order chi connectivity index (χ0) is 28.7. The van der Waals surface area contributed by atoms with Crippen LogP contribution in [0.25, 0.3) is 15.8 Å². The molecule has 2 N–H and O–H groups in total. The van der Waals surface area contributed by atoms with Crippen LogP contribution in [0.3, 0.4) is 0 Å². The summed E-state index contributed by atoms with van der Waals surface area (Å²) < 4.78 is 43.7. The van der Waals surface area contributed by atoms with Gasteiger partial charge in [0.1, 0.15) is 5.82 Å². The van der Waals surface area contributed by atoms with E-state index >= 15 is 0 Å². The number of rotatable bonds is 6. The zero-order valence-corrected chi connectivity index (χ0v) is 23.8. The highest BCUT2D eigenvalue weighted by Crippen LogP contribution is 2.46. The van der Waals surface area contributed by atoms with Gasteiger partial charge in [-0.3, -0.25) is 0 Å². The summed E-state index contributed by atoms with van der Waals surface area (Å²) in [7, 11) is -4.12. The largest absolute Gasteiger partial charge is 0.375 e. The maximum atomic E-state index is 14.8. The first-order valence-electron chi connectivity index (χ1n) is 13.1. The van der Waals surface area contributed by atoms with E-state index in [0.29, 0.717) is 22.0 Å². The molecule has 4 aromatic carbocycles. The number of nitrogens with one attached hydrogen (secondary N) is 1. The zero-order valence-electron chi connectivity index (χ0n) is 22.9. The summed E-state index contributed by atoms with van der Waals surface area (Å²) in [6.45, 7) is 7.62. The van der Waals surface area contributed by atoms with Gasteiger partial charge in [0.15, 0.2) is 5.60 Å². The molecule has 1 aromatic heterocycles. The molecule has 0 bridgehead atoms. The molecule has 0 atom stereocenters. The first kappa shape index (κ1) is 27.6. The van der Waals surface area contributed by atoms with Gasteiger partial charge in [-0.25, -0.2) is 12.8 Å². The second-order valence-corrected chi connectivity index (χ2v) is 13.1. The highest BCUT2D eigenvalue weighted by molar-refractivity contribution is 8.00. The number of fused-ring (bicyclic) bond motifs is 1. The van der Waals surface area contributed by atoms with Crippen molar-refractivity contribution in [2.45, 2.75) is 38.2 Å². The molecule has 4 nitrogen and oxygen atoms in total. The molecule has 204 valence electrons. The van der Waals surface area contributed by atoms with Crippen molar-refractivity contribution >= 4 is 25.6 Å². The van der Waals surface area contributed by atoms with Gasteiger partial charge in [0, 0.05) is 16.5 Å². The van der Waals surface area contributed by atoms with Crippen LogP contribution in [-0.4, -0.2) is 18.5 Å². The molecule has 40 heavy (non-hydrogen) atoms. The van der Waals surface area contributed by atoms with Crippen LogP contribution in [0.2, 0.25) is 0 Å². The van der Waals surface area contributed by atoms with Gasteiger partial charge in [0.05, 0.1) is 15.5 Å². The Hall–Kier alpha value is -4.00. The van der Waals surface area contributed by atoms with Crippen molar-refractivity contribution in [3.05, 3.63) is 143 Å². The molecule has 5 rings (SSSR count). The fourth-order valence-corrected chi connectivity index (χ4v) is 6.77. The Morgan fingerprint density at radius 1 is 0.825 bits per heavy atom. The lowest BCUT2D eigenvalue weighted by Crippen LogP contribution is -2.31. The number of allylic oxidation sites excluding steroid dienone is 1. The van der Waals surface area contributed by atoms with Crippen molar-refractivity contribution in [3.8, 4) is 0 Å². The molecule has 1 heterocycles. The SMILES string of the molecule is Cc1ccc(S(=O)(=O)C(=CC(C)(C)C)c2c(C(O)(c3ccccc3)c3ccccc3)[nH]c3ccc(F)cc23)cc1. The Morgan fingerprint density at radius 2 is 1.38 bits per heavy atom. The summed E-state index contributed by atoms with van der Waals surface area (Å²) in [5.74, 6) is -0.509. The molecular weight excluding hydrogens is 521 g/mol. The number of hydrogen-bond donors (Lipinski definition) is 2. The highest BCUT2D eigenvalue weighted by atomic mass is 32.2. The molecule has 0 amide bonds. The number of aromatic amines is 1. The normalized spacial score (nSPS) is 13.1. The first-order chi connectivity index (χ1) is 18.9. The molecule has 0 spiro atoms. The Bertz CT molecular complexity index is 1760. The van der Waals surface area contributed by atoms with Crippen LogP contribution in [-0.2, 0) is 15.4 Å². The summed E-state index contributed by atoms with van der Waals surface area (Å²) in [5.41, 5.74) is 0.645. The third-order valence-electron chi connectivity index (χ3n) is 6.94. The molecule has 0 fully saturated rings. The average Bonchev–Trinajstić information content (AvgIpc) is 3.30. The number of aryl methyl sites for hydroxylation is 1. The van der Waals surface area contributed by atoms with Crippen LogP contribution in [0.4, 0.5) is 4.39 Å². The van der Waals surface area contributed by atoms with Crippen LogP contribution >= 0.6 is 0 Å². The van der Waals surface area contributed by atoms with Gasteiger partial charge in [0.2, 0.25) is 9.84 Å². The molecule has 0 saturated heterocycles. The molecule has 0 aliphatic rings. The number of aromatic nitrogens is 1. The van der Waals surface area contributed by atoms with E-state index in [-0.39, 0.29) is 21.1 Å². The summed E-state index contributed by atoms with van der Waals surface area (Å²) in [6.07, 6.45) is 1.69. The molecule has 5 aromatic rings. The van der Waals surface area contributed by atoms with E-state index in [1.807, 2.05) is 64.1 Å². The fourth-order valence-electron chi connectivity index (χ4n) is 5.03. The number of H-pyrrole nitrogens is 1. The van der Waals surface area contributed by atoms with Crippen molar-refractivity contribution in [2.75, 3.05) is 0 Å². The van der Waals surface area contributed by atoms with Gasteiger partial charge in [0.25, 0.3) is 0 Å². The number of hydrogen-bond acceptors (Lipinski definition) is 3. The lowest BCUT2D eigenvalue weighted by molar-refractivity contribution is 0.121. The lowest BCUT2D eigenvalue weighted by Gasteiger charge is -2.31. The van der Waals surface area contributed by atoms with Gasteiger partial charge in [-0.1, -0.05) is 105 Å². The fraction of sp³-hybridized carbons (Fsp3) is 0.176. The molecular formula is C34H32FNO3S. The van der Waals surface area contributed by atoms with Crippen LogP contribution in [0, 0.1) is 18.2 Å². The molecule has 6 heteroatoms. The van der Waals surface area contributed by atoms with Crippen LogP contribution in [0.1, 0.15) is 48.7 Å². The van der Waals surface area contributed by atoms with Crippen molar-refractivity contribution in [1.82, 2.24) is 4.98 Å². The Kier molecular flexibility index (Phi) is 7.02. The quantitative estimate of drug-likeness (QED) is 0.226. The van der Waals surface area contributed by atoms with Crippen molar-refractivity contribution in [2.24, 2.45) is 5.41 Å². The molecule has 0 radical (unpaired) electrons. The minimum atomic E-state index is -4.12.